The Balaban J connectivity index is 2.03. The number of rotatable bonds is 2. The van der Waals surface area contributed by atoms with Crippen molar-refractivity contribution in [2.24, 2.45) is 0 Å². The molecule has 2 heterocycles. The second kappa shape index (κ2) is 5.98. The number of aryl methyl sites for hydroxylation is 1. The van der Waals surface area contributed by atoms with Crippen LogP contribution in [0.4, 0.5) is 10.5 Å². The number of thiophene rings is 1. The maximum atomic E-state index is 12.6. The molecule has 1 aromatic carbocycles. The second-order valence-corrected chi connectivity index (χ2v) is 6.29. The molecule has 2 aromatic rings. The quantitative estimate of drug-likeness (QED) is 0.669. The first kappa shape index (κ1) is 15.5. The summed E-state index contributed by atoms with van der Waals surface area (Å²) in [5.74, 6) is -1.38. The number of urea groups is 1. The van der Waals surface area contributed by atoms with Crippen molar-refractivity contribution >= 4 is 52.5 Å². The molecule has 1 aromatic heterocycles. The summed E-state index contributed by atoms with van der Waals surface area (Å²) in [6.07, 6.45) is 1.47. The van der Waals surface area contributed by atoms with Gasteiger partial charge in [-0.3, -0.25) is 14.9 Å². The Labute approximate surface area is 141 Å². The standard InChI is InChI=1S/C16H11ClN2O3S/c1-9-4-5-10(7-13(9)17)19-15(21)12(14(20)18-16(19)22)8-11-3-2-6-23-11/h2-8H,1H3,(H,18,20,22)/b12-8+. The number of anilines is 1. The molecule has 0 saturated carbocycles. The van der Waals surface area contributed by atoms with Gasteiger partial charge < -0.3 is 0 Å². The lowest BCUT2D eigenvalue weighted by Crippen LogP contribution is -2.54. The lowest BCUT2D eigenvalue weighted by atomic mass is 10.1. The van der Waals surface area contributed by atoms with Gasteiger partial charge in [-0.25, -0.2) is 9.69 Å². The van der Waals surface area contributed by atoms with E-state index in [0.717, 1.165) is 15.3 Å². The van der Waals surface area contributed by atoms with Crippen molar-refractivity contribution in [1.82, 2.24) is 5.32 Å². The molecule has 23 heavy (non-hydrogen) atoms. The van der Waals surface area contributed by atoms with Crippen LogP contribution in [0, 0.1) is 6.92 Å². The molecule has 1 fully saturated rings. The Morgan fingerprint density at radius 1 is 1.22 bits per heavy atom. The van der Waals surface area contributed by atoms with Crippen LogP contribution in [0.3, 0.4) is 0 Å². The van der Waals surface area contributed by atoms with Gasteiger partial charge in [-0.05, 0) is 42.1 Å². The SMILES string of the molecule is Cc1ccc(N2C(=O)NC(=O)/C(=C\c3cccs3)C2=O)cc1Cl. The number of carbonyl (C=O) groups excluding carboxylic acids is 3. The van der Waals surface area contributed by atoms with Crippen molar-refractivity contribution in [1.29, 1.82) is 0 Å². The van der Waals surface area contributed by atoms with E-state index < -0.39 is 17.8 Å². The first-order valence-corrected chi connectivity index (χ1v) is 7.94. The van der Waals surface area contributed by atoms with Gasteiger partial charge in [-0.15, -0.1) is 11.3 Å². The predicted molar refractivity (Wildman–Crippen MR) is 89.5 cm³/mol. The molecule has 3 rings (SSSR count). The molecule has 0 bridgehead atoms. The molecule has 7 heteroatoms. The third kappa shape index (κ3) is 2.91. The average molecular weight is 347 g/mol. The van der Waals surface area contributed by atoms with Crippen molar-refractivity contribution in [3.05, 3.63) is 56.7 Å². The number of benzene rings is 1. The predicted octanol–water partition coefficient (Wildman–Crippen LogP) is 3.38. The summed E-state index contributed by atoms with van der Waals surface area (Å²) in [6.45, 7) is 1.82. The Morgan fingerprint density at radius 3 is 2.65 bits per heavy atom. The minimum absolute atomic E-state index is 0.0938. The van der Waals surface area contributed by atoms with Crippen LogP contribution in [0.2, 0.25) is 5.02 Å². The van der Waals surface area contributed by atoms with Crippen LogP contribution in [0.15, 0.2) is 41.3 Å². The highest BCUT2D eigenvalue weighted by Gasteiger charge is 2.36. The van der Waals surface area contributed by atoms with E-state index in [9.17, 15) is 14.4 Å². The van der Waals surface area contributed by atoms with Gasteiger partial charge in [0.15, 0.2) is 0 Å². The zero-order valence-electron chi connectivity index (χ0n) is 12.0. The first-order chi connectivity index (χ1) is 11.0. The number of hydrogen-bond acceptors (Lipinski definition) is 4. The highest BCUT2D eigenvalue weighted by molar-refractivity contribution is 7.10. The fraction of sp³-hybridized carbons (Fsp3) is 0.0625. The molecular formula is C16H11ClN2O3S. The third-order valence-corrected chi connectivity index (χ3v) is 4.57. The molecule has 1 aliphatic heterocycles. The molecule has 116 valence electrons. The monoisotopic (exact) mass is 346 g/mol. The van der Waals surface area contributed by atoms with Crippen LogP contribution < -0.4 is 10.2 Å². The van der Waals surface area contributed by atoms with Crippen LogP contribution >= 0.6 is 22.9 Å². The fourth-order valence-electron chi connectivity index (χ4n) is 2.13. The van der Waals surface area contributed by atoms with Crippen molar-refractivity contribution < 1.29 is 14.4 Å². The molecule has 4 amide bonds. The Kier molecular flexibility index (Phi) is 4.02. The van der Waals surface area contributed by atoms with Gasteiger partial charge in [0, 0.05) is 9.90 Å². The summed E-state index contributed by atoms with van der Waals surface area (Å²) < 4.78 is 0. The van der Waals surface area contributed by atoms with Gasteiger partial charge in [0.2, 0.25) is 0 Å². The van der Waals surface area contributed by atoms with Gasteiger partial charge in [0.25, 0.3) is 11.8 Å². The lowest BCUT2D eigenvalue weighted by molar-refractivity contribution is -0.122. The average Bonchev–Trinajstić information content (AvgIpc) is 3.00. The number of hydrogen-bond donors (Lipinski definition) is 1. The van der Waals surface area contributed by atoms with E-state index >= 15 is 0 Å². The molecule has 0 aliphatic carbocycles. The van der Waals surface area contributed by atoms with Crippen LogP contribution in [-0.2, 0) is 9.59 Å². The molecule has 1 aliphatic rings. The van der Waals surface area contributed by atoms with Gasteiger partial charge in [0.1, 0.15) is 5.57 Å². The van der Waals surface area contributed by atoms with Crippen LogP contribution in [0.1, 0.15) is 10.4 Å². The summed E-state index contributed by atoms with van der Waals surface area (Å²) in [7, 11) is 0. The summed E-state index contributed by atoms with van der Waals surface area (Å²) in [5, 5.41) is 4.44. The molecule has 5 nitrogen and oxygen atoms in total. The number of nitrogens with zero attached hydrogens (tertiary/aromatic N) is 1. The van der Waals surface area contributed by atoms with E-state index in [0.29, 0.717) is 10.7 Å². The van der Waals surface area contributed by atoms with Crippen LogP contribution in [-0.4, -0.2) is 17.8 Å². The summed E-state index contributed by atoms with van der Waals surface area (Å²) in [4.78, 5) is 38.3. The van der Waals surface area contributed by atoms with Crippen molar-refractivity contribution in [3.8, 4) is 0 Å². The van der Waals surface area contributed by atoms with E-state index in [1.165, 1.54) is 23.5 Å². The van der Waals surface area contributed by atoms with Crippen molar-refractivity contribution in [2.45, 2.75) is 6.92 Å². The molecule has 1 N–H and O–H groups in total. The Morgan fingerprint density at radius 2 is 2.00 bits per heavy atom. The van der Waals surface area contributed by atoms with Crippen LogP contribution in [0.25, 0.3) is 6.08 Å². The second-order valence-electron chi connectivity index (χ2n) is 4.91. The number of nitrogens with one attached hydrogen (secondary N) is 1. The highest BCUT2D eigenvalue weighted by atomic mass is 35.5. The van der Waals surface area contributed by atoms with Gasteiger partial charge >= 0.3 is 6.03 Å². The molecule has 0 atom stereocenters. The van der Waals surface area contributed by atoms with Crippen molar-refractivity contribution in [3.63, 3.8) is 0 Å². The zero-order chi connectivity index (χ0) is 16.6. The molecule has 1 saturated heterocycles. The van der Waals surface area contributed by atoms with E-state index in [1.54, 1.807) is 18.2 Å². The van der Waals surface area contributed by atoms with E-state index in [-0.39, 0.29) is 5.57 Å². The summed E-state index contributed by atoms with van der Waals surface area (Å²) >= 11 is 7.45. The fourth-order valence-corrected chi connectivity index (χ4v) is 2.96. The Bertz CT molecular complexity index is 843. The highest BCUT2D eigenvalue weighted by Crippen LogP contribution is 2.27. The summed E-state index contributed by atoms with van der Waals surface area (Å²) in [5.41, 5.74) is 1.04. The summed E-state index contributed by atoms with van der Waals surface area (Å²) in [6, 6.07) is 7.64. The van der Waals surface area contributed by atoms with E-state index in [2.05, 4.69) is 5.32 Å². The first-order valence-electron chi connectivity index (χ1n) is 6.68. The number of imide groups is 2. The smallest absolute Gasteiger partial charge is 0.273 e. The number of barbiturate groups is 1. The van der Waals surface area contributed by atoms with Gasteiger partial charge in [-0.2, -0.15) is 0 Å². The lowest BCUT2D eigenvalue weighted by Gasteiger charge is -2.26. The minimum Gasteiger partial charge on any atom is -0.273 e. The number of amides is 4. The minimum atomic E-state index is -0.789. The van der Waals surface area contributed by atoms with Gasteiger partial charge in [-0.1, -0.05) is 23.7 Å². The maximum absolute atomic E-state index is 12.6. The maximum Gasteiger partial charge on any atom is 0.335 e. The van der Waals surface area contributed by atoms with Gasteiger partial charge in [0.05, 0.1) is 5.69 Å². The zero-order valence-corrected chi connectivity index (χ0v) is 13.6. The third-order valence-electron chi connectivity index (χ3n) is 3.35. The number of halogens is 1. The van der Waals surface area contributed by atoms with Crippen LogP contribution in [0.5, 0.6) is 0 Å². The molecule has 0 spiro atoms. The molecular weight excluding hydrogens is 336 g/mol. The topological polar surface area (TPSA) is 66.5 Å². The van der Waals surface area contributed by atoms with Crippen molar-refractivity contribution in [2.75, 3.05) is 4.90 Å². The van der Waals surface area contributed by atoms with E-state index in [4.69, 9.17) is 11.6 Å². The molecule has 0 unspecified atom stereocenters. The Hall–Kier alpha value is -2.44. The largest absolute Gasteiger partial charge is 0.335 e. The van der Waals surface area contributed by atoms with E-state index in [1.807, 2.05) is 18.4 Å². The normalized spacial score (nSPS) is 16.9. The number of carbonyl (C=O) groups is 3. The molecule has 0 radical (unpaired) electrons.